The van der Waals surface area contributed by atoms with Gasteiger partial charge in [0.2, 0.25) is 0 Å². The van der Waals surface area contributed by atoms with Crippen molar-refractivity contribution in [1.29, 1.82) is 0 Å². The summed E-state index contributed by atoms with van der Waals surface area (Å²) in [5.74, 6) is -0.260. The van der Waals surface area contributed by atoms with E-state index in [4.69, 9.17) is 0 Å². The number of hydrogen-bond donors (Lipinski definition) is 2. The quantitative estimate of drug-likeness (QED) is 0.578. The monoisotopic (exact) mass is 365 g/mol. The number of carbonyl (C=O) groups is 1. The Morgan fingerprint density at radius 1 is 1.19 bits per heavy atom. The van der Waals surface area contributed by atoms with Crippen LogP contribution in [0.15, 0.2) is 47.3 Å². The van der Waals surface area contributed by atoms with E-state index in [1.807, 2.05) is 0 Å². The summed E-state index contributed by atoms with van der Waals surface area (Å²) in [6.07, 6.45) is 0.411. The fraction of sp³-hybridized carbons (Fsp3) is 0.158. The highest BCUT2D eigenvalue weighted by atomic mass is 19.1. The van der Waals surface area contributed by atoms with Crippen LogP contribution in [0.1, 0.15) is 16.4 Å². The average molecular weight is 365 g/mol. The van der Waals surface area contributed by atoms with E-state index >= 15 is 0 Å². The van der Waals surface area contributed by atoms with Crippen molar-refractivity contribution < 1.29 is 9.18 Å². The van der Waals surface area contributed by atoms with Gasteiger partial charge in [-0.15, -0.1) is 0 Å². The molecule has 2 aromatic heterocycles. The Bertz CT molecular complexity index is 1230. The average Bonchev–Trinajstić information content (AvgIpc) is 2.99. The third kappa shape index (κ3) is 3.05. The summed E-state index contributed by atoms with van der Waals surface area (Å²) in [6.45, 7) is 0.272. The number of aromatic nitrogens is 4. The molecule has 0 atom stereocenters. The summed E-state index contributed by atoms with van der Waals surface area (Å²) in [6, 6.07) is 11.6. The zero-order valence-electron chi connectivity index (χ0n) is 14.5. The van der Waals surface area contributed by atoms with E-state index in [0.29, 0.717) is 34.2 Å². The van der Waals surface area contributed by atoms with Gasteiger partial charge in [0, 0.05) is 20.0 Å². The van der Waals surface area contributed by atoms with E-state index in [0.717, 1.165) is 0 Å². The van der Waals surface area contributed by atoms with Crippen LogP contribution in [-0.4, -0.2) is 32.0 Å². The van der Waals surface area contributed by atoms with Gasteiger partial charge in [-0.05, 0) is 24.3 Å². The van der Waals surface area contributed by atoms with Crippen LogP contribution < -0.4 is 10.9 Å². The molecule has 2 aromatic carbocycles. The lowest BCUT2D eigenvalue weighted by Crippen LogP contribution is -2.30. The second-order valence-corrected chi connectivity index (χ2v) is 6.13. The molecule has 1 amide bonds. The van der Waals surface area contributed by atoms with Crippen LogP contribution in [0.25, 0.3) is 21.9 Å². The number of benzene rings is 2. The Kier molecular flexibility index (Phi) is 4.15. The molecular formula is C19H16FN5O2. The summed E-state index contributed by atoms with van der Waals surface area (Å²) in [5, 5.41) is 3.13. The van der Waals surface area contributed by atoms with Crippen molar-refractivity contribution in [2.45, 2.75) is 6.42 Å². The van der Waals surface area contributed by atoms with Gasteiger partial charge in [0.1, 0.15) is 11.3 Å². The van der Waals surface area contributed by atoms with Gasteiger partial charge in [-0.2, -0.15) is 0 Å². The largest absolute Gasteiger partial charge is 0.349 e. The number of hydrogen-bond acceptors (Lipinski definition) is 4. The lowest BCUT2D eigenvalue weighted by atomic mass is 10.2. The van der Waals surface area contributed by atoms with E-state index in [-0.39, 0.29) is 23.7 Å². The number of H-pyrrole nitrogens is 1. The van der Waals surface area contributed by atoms with Gasteiger partial charge in [-0.3, -0.25) is 9.59 Å². The number of halogens is 1. The highest BCUT2D eigenvalue weighted by Crippen LogP contribution is 2.18. The molecule has 0 fully saturated rings. The number of imidazole rings is 1. The van der Waals surface area contributed by atoms with Crippen LogP contribution in [0.5, 0.6) is 0 Å². The highest BCUT2D eigenvalue weighted by molar-refractivity contribution is 5.92. The van der Waals surface area contributed by atoms with Gasteiger partial charge >= 0.3 is 0 Å². The maximum absolute atomic E-state index is 13.8. The SMILES string of the molecule is Cn1c(CCNC(=O)c2nc3ccccc3c(=O)[nH]2)nc2c(F)cccc21. The molecule has 4 rings (SSSR count). The first-order chi connectivity index (χ1) is 13.0. The van der Waals surface area contributed by atoms with Gasteiger partial charge in [-0.1, -0.05) is 18.2 Å². The van der Waals surface area contributed by atoms with Crippen molar-refractivity contribution in [3.8, 4) is 0 Å². The van der Waals surface area contributed by atoms with Gasteiger partial charge in [0.15, 0.2) is 11.6 Å². The first kappa shape index (κ1) is 16.9. The molecule has 0 aliphatic heterocycles. The van der Waals surface area contributed by atoms with E-state index in [1.54, 1.807) is 48.0 Å². The summed E-state index contributed by atoms with van der Waals surface area (Å²) >= 11 is 0. The second kappa shape index (κ2) is 6.64. The molecule has 0 aliphatic rings. The molecule has 0 saturated heterocycles. The normalized spacial score (nSPS) is 11.2. The Balaban J connectivity index is 1.50. The van der Waals surface area contributed by atoms with Crippen LogP contribution in [0.3, 0.4) is 0 Å². The van der Waals surface area contributed by atoms with Crippen molar-refractivity contribution in [3.05, 3.63) is 70.3 Å². The molecule has 0 spiro atoms. The minimum absolute atomic E-state index is 0.0465. The number of aromatic amines is 1. The van der Waals surface area contributed by atoms with Crippen molar-refractivity contribution in [1.82, 2.24) is 24.8 Å². The van der Waals surface area contributed by atoms with Crippen LogP contribution in [0.4, 0.5) is 4.39 Å². The molecule has 0 aliphatic carbocycles. The molecule has 0 unspecified atom stereocenters. The zero-order chi connectivity index (χ0) is 19.0. The van der Waals surface area contributed by atoms with Crippen molar-refractivity contribution >= 4 is 27.8 Å². The van der Waals surface area contributed by atoms with Crippen LogP contribution in [0, 0.1) is 5.82 Å². The molecule has 4 aromatic rings. The summed E-state index contributed by atoms with van der Waals surface area (Å²) in [5.41, 5.74) is 1.09. The fourth-order valence-electron chi connectivity index (χ4n) is 3.02. The van der Waals surface area contributed by atoms with E-state index < -0.39 is 5.91 Å². The van der Waals surface area contributed by atoms with E-state index in [1.165, 1.54) is 6.07 Å². The van der Waals surface area contributed by atoms with Crippen molar-refractivity contribution in [3.63, 3.8) is 0 Å². The lowest BCUT2D eigenvalue weighted by Gasteiger charge is -2.06. The molecule has 0 saturated carbocycles. The van der Waals surface area contributed by atoms with Crippen molar-refractivity contribution in [2.75, 3.05) is 6.54 Å². The summed E-state index contributed by atoms with van der Waals surface area (Å²) in [4.78, 5) is 35.3. The molecule has 27 heavy (non-hydrogen) atoms. The first-order valence-corrected chi connectivity index (χ1v) is 8.41. The number of fused-ring (bicyclic) bond motifs is 2. The summed E-state index contributed by atoms with van der Waals surface area (Å²) < 4.78 is 15.6. The number of para-hydroxylation sites is 2. The zero-order valence-corrected chi connectivity index (χ0v) is 14.5. The van der Waals surface area contributed by atoms with Crippen LogP contribution >= 0.6 is 0 Å². The summed E-state index contributed by atoms with van der Waals surface area (Å²) in [7, 11) is 1.80. The Hall–Kier alpha value is -3.55. The molecule has 7 nitrogen and oxygen atoms in total. The van der Waals surface area contributed by atoms with E-state index in [9.17, 15) is 14.0 Å². The topological polar surface area (TPSA) is 92.7 Å². The molecule has 2 N–H and O–H groups in total. The third-order valence-corrected chi connectivity index (χ3v) is 4.42. The number of amides is 1. The smallest absolute Gasteiger partial charge is 0.287 e. The van der Waals surface area contributed by atoms with Gasteiger partial charge in [0.05, 0.1) is 16.4 Å². The predicted molar refractivity (Wildman–Crippen MR) is 99.1 cm³/mol. The van der Waals surface area contributed by atoms with Gasteiger partial charge in [-0.25, -0.2) is 14.4 Å². The van der Waals surface area contributed by atoms with Crippen LogP contribution in [-0.2, 0) is 13.5 Å². The number of nitrogens with one attached hydrogen (secondary N) is 2. The number of nitrogens with zero attached hydrogens (tertiary/aromatic N) is 3. The third-order valence-electron chi connectivity index (χ3n) is 4.42. The van der Waals surface area contributed by atoms with Gasteiger partial charge < -0.3 is 14.9 Å². The number of aryl methyl sites for hydroxylation is 1. The first-order valence-electron chi connectivity index (χ1n) is 8.41. The number of rotatable bonds is 4. The lowest BCUT2D eigenvalue weighted by molar-refractivity contribution is 0.0943. The standard InChI is InChI=1S/C19H16FN5O2/c1-25-14-8-4-6-12(20)16(14)23-15(25)9-10-21-19(27)17-22-13-7-3-2-5-11(13)18(26)24-17/h2-8H,9-10H2,1H3,(H,21,27)(H,22,24,26). The Morgan fingerprint density at radius 3 is 2.81 bits per heavy atom. The minimum atomic E-state index is -0.484. The Labute approximate surface area is 152 Å². The molecule has 8 heteroatoms. The minimum Gasteiger partial charge on any atom is -0.349 e. The maximum Gasteiger partial charge on any atom is 0.287 e. The number of carbonyl (C=O) groups excluding carboxylic acids is 1. The maximum atomic E-state index is 13.8. The second-order valence-electron chi connectivity index (χ2n) is 6.13. The van der Waals surface area contributed by atoms with Crippen LogP contribution in [0.2, 0.25) is 0 Å². The van der Waals surface area contributed by atoms with Gasteiger partial charge in [0.25, 0.3) is 11.5 Å². The fourth-order valence-corrected chi connectivity index (χ4v) is 3.02. The molecular weight excluding hydrogens is 349 g/mol. The molecule has 2 heterocycles. The highest BCUT2D eigenvalue weighted by Gasteiger charge is 2.13. The molecule has 0 radical (unpaired) electrons. The van der Waals surface area contributed by atoms with Crippen molar-refractivity contribution in [2.24, 2.45) is 7.05 Å². The molecule has 136 valence electrons. The molecule has 0 bridgehead atoms. The van der Waals surface area contributed by atoms with E-state index in [2.05, 4.69) is 20.3 Å². The predicted octanol–water partition coefficient (Wildman–Crippen LogP) is 1.92. The Morgan fingerprint density at radius 2 is 2.00 bits per heavy atom.